The van der Waals surface area contributed by atoms with Crippen LogP contribution in [0.4, 0.5) is 0 Å². The van der Waals surface area contributed by atoms with Crippen LogP contribution in [0.2, 0.25) is 0 Å². The third-order valence-electron chi connectivity index (χ3n) is 2.95. The summed E-state index contributed by atoms with van der Waals surface area (Å²) >= 11 is 0. The standard InChI is InChI=1S/C14H19NO/c1-11(16)10-15-14(12-6-2-3-7-12)13-8-4-5-9-13/h2-4,6-9,11-12,14-16H,5,10H2,1H3. The predicted octanol–water partition coefficient (Wildman–Crippen LogP) is 1.95. The first-order chi connectivity index (χ1) is 7.77. The third kappa shape index (κ3) is 2.71. The van der Waals surface area contributed by atoms with Crippen molar-refractivity contribution in [3.63, 3.8) is 0 Å². The van der Waals surface area contributed by atoms with Crippen LogP contribution in [-0.2, 0) is 0 Å². The predicted molar refractivity (Wildman–Crippen MR) is 67.1 cm³/mol. The minimum absolute atomic E-state index is 0.295. The Hall–Kier alpha value is -1.12. The highest BCUT2D eigenvalue weighted by Gasteiger charge is 2.22. The average Bonchev–Trinajstić information content (AvgIpc) is 2.88. The highest BCUT2D eigenvalue weighted by Crippen LogP contribution is 2.23. The molecule has 0 aromatic rings. The first-order valence-corrected chi connectivity index (χ1v) is 5.90. The Morgan fingerprint density at radius 1 is 1.44 bits per heavy atom. The smallest absolute Gasteiger partial charge is 0.0636 e. The number of hydrogen-bond donors (Lipinski definition) is 2. The van der Waals surface area contributed by atoms with Gasteiger partial charge in [-0.15, -0.1) is 0 Å². The summed E-state index contributed by atoms with van der Waals surface area (Å²) in [6.45, 7) is 2.44. The quantitative estimate of drug-likeness (QED) is 0.737. The maximum absolute atomic E-state index is 9.35. The zero-order valence-electron chi connectivity index (χ0n) is 9.63. The van der Waals surface area contributed by atoms with Crippen molar-refractivity contribution in [2.45, 2.75) is 25.5 Å². The third-order valence-corrected chi connectivity index (χ3v) is 2.95. The minimum atomic E-state index is -0.303. The van der Waals surface area contributed by atoms with E-state index < -0.39 is 0 Å². The molecule has 0 fully saturated rings. The first kappa shape index (κ1) is 11.4. The van der Waals surface area contributed by atoms with Gasteiger partial charge in [0.05, 0.1) is 6.10 Å². The molecule has 2 aliphatic carbocycles. The van der Waals surface area contributed by atoms with Crippen LogP contribution < -0.4 is 5.32 Å². The molecule has 0 aliphatic heterocycles. The lowest BCUT2D eigenvalue weighted by atomic mass is 9.94. The number of nitrogens with one attached hydrogen (secondary N) is 1. The molecule has 2 N–H and O–H groups in total. The molecule has 0 saturated carbocycles. The van der Waals surface area contributed by atoms with Gasteiger partial charge in [0.15, 0.2) is 0 Å². The van der Waals surface area contributed by atoms with Gasteiger partial charge in [0.25, 0.3) is 0 Å². The van der Waals surface area contributed by atoms with Crippen molar-refractivity contribution in [3.05, 3.63) is 48.1 Å². The van der Waals surface area contributed by atoms with Crippen molar-refractivity contribution in [3.8, 4) is 0 Å². The fraction of sp³-hybridized carbons (Fsp3) is 0.429. The zero-order valence-corrected chi connectivity index (χ0v) is 9.63. The van der Waals surface area contributed by atoms with Gasteiger partial charge in [-0.25, -0.2) is 0 Å². The molecule has 0 aromatic carbocycles. The Morgan fingerprint density at radius 3 is 2.75 bits per heavy atom. The van der Waals surface area contributed by atoms with Crippen LogP contribution in [0.1, 0.15) is 13.3 Å². The number of aliphatic hydroxyl groups is 1. The second-order valence-electron chi connectivity index (χ2n) is 4.42. The number of rotatable bonds is 5. The normalized spacial score (nSPS) is 22.8. The summed E-state index contributed by atoms with van der Waals surface area (Å²) in [4.78, 5) is 0. The lowest BCUT2D eigenvalue weighted by Gasteiger charge is -2.24. The van der Waals surface area contributed by atoms with Crippen LogP contribution in [0.3, 0.4) is 0 Å². The molecule has 0 amide bonds. The van der Waals surface area contributed by atoms with E-state index in [0.717, 1.165) is 6.42 Å². The van der Waals surface area contributed by atoms with E-state index in [0.29, 0.717) is 18.5 Å². The zero-order chi connectivity index (χ0) is 11.4. The maximum atomic E-state index is 9.35. The summed E-state index contributed by atoms with van der Waals surface area (Å²) < 4.78 is 0. The Morgan fingerprint density at radius 2 is 2.19 bits per heavy atom. The monoisotopic (exact) mass is 217 g/mol. The highest BCUT2D eigenvalue weighted by molar-refractivity contribution is 5.35. The van der Waals surface area contributed by atoms with Crippen LogP contribution in [0.15, 0.2) is 48.1 Å². The SMILES string of the molecule is CC(O)CNC(C1=CCC=C1)C1C=CC=C1. The molecule has 0 bridgehead atoms. The first-order valence-electron chi connectivity index (χ1n) is 5.90. The highest BCUT2D eigenvalue weighted by atomic mass is 16.3. The van der Waals surface area contributed by atoms with E-state index >= 15 is 0 Å². The molecule has 0 aromatic heterocycles. The van der Waals surface area contributed by atoms with Gasteiger partial charge in [-0.1, -0.05) is 42.5 Å². The molecule has 0 saturated heterocycles. The second kappa shape index (κ2) is 5.28. The fourth-order valence-electron chi connectivity index (χ4n) is 2.15. The fourth-order valence-corrected chi connectivity index (χ4v) is 2.15. The van der Waals surface area contributed by atoms with Gasteiger partial charge in [0.1, 0.15) is 0 Å². The van der Waals surface area contributed by atoms with E-state index in [4.69, 9.17) is 0 Å². The van der Waals surface area contributed by atoms with E-state index in [2.05, 4.69) is 47.8 Å². The van der Waals surface area contributed by atoms with Crippen molar-refractivity contribution in [2.24, 2.45) is 5.92 Å². The van der Waals surface area contributed by atoms with E-state index in [-0.39, 0.29) is 6.10 Å². The van der Waals surface area contributed by atoms with Gasteiger partial charge >= 0.3 is 0 Å². The summed E-state index contributed by atoms with van der Waals surface area (Å²) in [7, 11) is 0. The largest absolute Gasteiger partial charge is 0.392 e. The van der Waals surface area contributed by atoms with Gasteiger partial charge in [-0.05, 0) is 18.9 Å². The average molecular weight is 217 g/mol. The van der Waals surface area contributed by atoms with E-state index in [9.17, 15) is 5.11 Å². The summed E-state index contributed by atoms with van der Waals surface area (Å²) in [6.07, 6.45) is 15.9. The second-order valence-corrected chi connectivity index (χ2v) is 4.42. The van der Waals surface area contributed by atoms with E-state index in [1.807, 2.05) is 6.92 Å². The van der Waals surface area contributed by atoms with Crippen LogP contribution >= 0.6 is 0 Å². The van der Waals surface area contributed by atoms with Crippen molar-refractivity contribution in [1.29, 1.82) is 0 Å². The minimum Gasteiger partial charge on any atom is -0.392 e. The Labute approximate surface area is 97.1 Å². The molecule has 2 nitrogen and oxygen atoms in total. The van der Waals surface area contributed by atoms with Crippen LogP contribution in [0.5, 0.6) is 0 Å². The summed E-state index contributed by atoms with van der Waals surface area (Å²) in [5.41, 5.74) is 1.34. The molecule has 2 atom stereocenters. The molecule has 16 heavy (non-hydrogen) atoms. The molecule has 0 heterocycles. The number of allylic oxidation sites excluding steroid dienone is 4. The van der Waals surface area contributed by atoms with Gasteiger partial charge in [0.2, 0.25) is 0 Å². The number of hydrogen-bond acceptors (Lipinski definition) is 2. The Bertz CT molecular complexity index is 338. The van der Waals surface area contributed by atoms with Crippen LogP contribution in [-0.4, -0.2) is 23.8 Å². The van der Waals surface area contributed by atoms with Gasteiger partial charge in [0, 0.05) is 18.5 Å². The van der Waals surface area contributed by atoms with Crippen LogP contribution in [0.25, 0.3) is 0 Å². The molecular weight excluding hydrogens is 198 g/mol. The molecule has 0 spiro atoms. The van der Waals surface area contributed by atoms with Crippen molar-refractivity contribution >= 4 is 0 Å². The molecule has 2 rings (SSSR count). The van der Waals surface area contributed by atoms with Gasteiger partial charge < -0.3 is 10.4 Å². The molecule has 86 valence electrons. The summed E-state index contributed by atoms with van der Waals surface area (Å²) in [5.74, 6) is 0.410. The van der Waals surface area contributed by atoms with E-state index in [1.165, 1.54) is 5.57 Å². The lowest BCUT2D eigenvalue weighted by Crippen LogP contribution is -2.39. The van der Waals surface area contributed by atoms with Gasteiger partial charge in [-0.3, -0.25) is 0 Å². The molecular formula is C14H19NO. The maximum Gasteiger partial charge on any atom is 0.0636 e. The van der Waals surface area contributed by atoms with Crippen molar-refractivity contribution < 1.29 is 5.11 Å². The van der Waals surface area contributed by atoms with Crippen molar-refractivity contribution in [1.82, 2.24) is 5.32 Å². The molecule has 0 radical (unpaired) electrons. The Balaban J connectivity index is 2.03. The summed E-state index contributed by atoms with van der Waals surface area (Å²) in [5, 5.41) is 12.8. The van der Waals surface area contributed by atoms with Gasteiger partial charge in [-0.2, -0.15) is 0 Å². The Kier molecular flexibility index (Phi) is 3.75. The summed E-state index contributed by atoms with van der Waals surface area (Å²) in [6, 6.07) is 0.295. The molecule has 2 aliphatic rings. The number of aliphatic hydroxyl groups excluding tert-OH is 1. The van der Waals surface area contributed by atoms with Crippen molar-refractivity contribution in [2.75, 3.05) is 6.54 Å². The van der Waals surface area contributed by atoms with E-state index in [1.54, 1.807) is 0 Å². The molecule has 2 heteroatoms. The van der Waals surface area contributed by atoms with Crippen LogP contribution in [0, 0.1) is 5.92 Å². The lowest BCUT2D eigenvalue weighted by molar-refractivity contribution is 0.186. The molecule has 2 unspecified atom stereocenters. The topological polar surface area (TPSA) is 32.3 Å².